The van der Waals surface area contributed by atoms with Crippen LogP contribution in [0.25, 0.3) is 11.3 Å². The van der Waals surface area contributed by atoms with Crippen molar-refractivity contribution in [3.63, 3.8) is 0 Å². The topological polar surface area (TPSA) is 44.5 Å². The fraction of sp³-hybridized carbons (Fsp3) is 0.526. The van der Waals surface area contributed by atoms with E-state index in [0.717, 1.165) is 49.8 Å². The number of halogens is 3. The van der Waals surface area contributed by atoms with Gasteiger partial charge >= 0.3 is 6.36 Å². The van der Waals surface area contributed by atoms with Crippen LogP contribution in [0, 0.1) is 0 Å². The Kier molecular flexibility index (Phi) is 4.65. The fourth-order valence-electron chi connectivity index (χ4n) is 3.47. The number of alkyl halides is 3. The lowest BCUT2D eigenvalue weighted by molar-refractivity contribution is -0.274. The average Bonchev–Trinajstić information content (AvgIpc) is 3.14. The molecule has 0 aliphatic heterocycles. The first-order valence-corrected chi connectivity index (χ1v) is 8.96. The Hall–Kier alpha value is -2.02. The highest BCUT2D eigenvalue weighted by Gasteiger charge is 2.36. The summed E-state index contributed by atoms with van der Waals surface area (Å²) >= 11 is 0. The summed E-state index contributed by atoms with van der Waals surface area (Å²) in [5, 5.41) is 4.08. The second-order valence-electron chi connectivity index (χ2n) is 6.91. The van der Waals surface area contributed by atoms with Crippen LogP contribution in [0.15, 0.2) is 28.8 Å². The Bertz CT molecular complexity index is 762. The molecule has 0 atom stereocenters. The molecule has 0 unspecified atom stereocenters. The van der Waals surface area contributed by atoms with Crippen LogP contribution in [-0.4, -0.2) is 17.6 Å². The molecule has 2 aliphatic carbocycles. The van der Waals surface area contributed by atoms with Crippen molar-refractivity contribution in [2.45, 2.75) is 63.5 Å². The molecule has 140 valence electrons. The first-order chi connectivity index (χ1) is 12.5. The number of hydrogen-bond acceptors (Lipinski definition) is 4. The van der Waals surface area contributed by atoms with Crippen molar-refractivity contribution in [2.24, 2.45) is 0 Å². The third kappa shape index (κ3) is 3.87. The molecule has 1 heterocycles. The van der Waals surface area contributed by atoms with Gasteiger partial charge < -0.3 is 14.0 Å². The fourth-order valence-corrected chi connectivity index (χ4v) is 3.47. The van der Waals surface area contributed by atoms with Gasteiger partial charge in [-0.25, -0.2) is 0 Å². The zero-order valence-corrected chi connectivity index (χ0v) is 14.2. The number of ether oxygens (including phenoxy) is 2. The van der Waals surface area contributed by atoms with Gasteiger partial charge in [-0.15, -0.1) is 13.2 Å². The van der Waals surface area contributed by atoms with Crippen LogP contribution in [0.2, 0.25) is 0 Å². The van der Waals surface area contributed by atoms with E-state index in [0.29, 0.717) is 12.3 Å². The first kappa shape index (κ1) is 17.4. The SMILES string of the molecule is FC(F)(F)Oc1ccccc1-c1noc(C2CC2)c1COC1CCCC1. The summed E-state index contributed by atoms with van der Waals surface area (Å²) in [6, 6.07) is 6.01. The summed E-state index contributed by atoms with van der Waals surface area (Å²) in [4.78, 5) is 0. The van der Waals surface area contributed by atoms with Crippen LogP contribution in [-0.2, 0) is 11.3 Å². The molecule has 0 spiro atoms. The van der Waals surface area contributed by atoms with Crippen molar-refractivity contribution in [2.75, 3.05) is 0 Å². The zero-order chi connectivity index (χ0) is 18.1. The molecule has 26 heavy (non-hydrogen) atoms. The first-order valence-electron chi connectivity index (χ1n) is 8.96. The molecular formula is C19H20F3NO3. The molecule has 0 saturated heterocycles. The maximum absolute atomic E-state index is 12.7. The lowest BCUT2D eigenvalue weighted by Crippen LogP contribution is -2.17. The number of hydrogen-bond donors (Lipinski definition) is 0. The molecule has 7 heteroatoms. The summed E-state index contributed by atoms with van der Waals surface area (Å²) in [5.74, 6) is 0.742. The highest BCUT2D eigenvalue weighted by molar-refractivity contribution is 5.70. The molecule has 0 N–H and O–H groups in total. The number of rotatable bonds is 6. The third-order valence-corrected chi connectivity index (χ3v) is 4.90. The normalized spacial score (nSPS) is 18.4. The Balaban J connectivity index is 1.66. The van der Waals surface area contributed by atoms with E-state index < -0.39 is 6.36 Å². The van der Waals surface area contributed by atoms with E-state index >= 15 is 0 Å². The van der Waals surface area contributed by atoms with Gasteiger partial charge in [0.15, 0.2) is 0 Å². The Morgan fingerprint density at radius 1 is 1.08 bits per heavy atom. The van der Waals surface area contributed by atoms with Gasteiger partial charge in [0.1, 0.15) is 17.2 Å². The minimum atomic E-state index is -4.76. The van der Waals surface area contributed by atoms with Crippen LogP contribution >= 0.6 is 0 Å². The van der Waals surface area contributed by atoms with Crippen LogP contribution in [0.3, 0.4) is 0 Å². The molecule has 1 aromatic carbocycles. The molecule has 1 aromatic heterocycles. The molecule has 2 saturated carbocycles. The van der Waals surface area contributed by atoms with E-state index in [1.165, 1.54) is 12.1 Å². The minimum absolute atomic E-state index is 0.200. The summed E-state index contributed by atoms with van der Waals surface area (Å²) in [5.41, 5.74) is 1.40. The zero-order valence-electron chi connectivity index (χ0n) is 14.2. The second-order valence-corrected chi connectivity index (χ2v) is 6.91. The van der Waals surface area contributed by atoms with E-state index in [-0.39, 0.29) is 23.3 Å². The molecule has 4 rings (SSSR count). The molecule has 2 aliphatic rings. The van der Waals surface area contributed by atoms with Gasteiger partial charge in [-0.3, -0.25) is 0 Å². The van der Waals surface area contributed by atoms with Gasteiger partial charge in [0, 0.05) is 17.0 Å². The Morgan fingerprint density at radius 2 is 1.81 bits per heavy atom. The van der Waals surface area contributed by atoms with Crippen molar-refractivity contribution < 1.29 is 27.2 Å². The standard InChI is InChI=1S/C19H20F3NO3/c20-19(21,22)25-16-8-4-3-7-14(16)17-15(11-24-13-5-1-2-6-13)18(26-23-17)12-9-10-12/h3-4,7-8,12-13H,1-2,5-6,9-11H2. The number of aromatic nitrogens is 1. The highest BCUT2D eigenvalue weighted by atomic mass is 19.4. The maximum Gasteiger partial charge on any atom is 0.573 e. The van der Waals surface area contributed by atoms with Gasteiger partial charge in [-0.2, -0.15) is 0 Å². The van der Waals surface area contributed by atoms with Gasteiger partial charge in [-0.1, -0.05) is 30.1 Å². The number of para-hydroxylation sites is 1. The molecule has 2 fully saturated rings. The molecule has 4 nitrogen and oxygen atoms in total. The highest BCUT2D eigenvalue weighted by Crippen LogP contribution is 2.45. The van der Waals surface area contributed by atoms with E-state index in [2.05, 4.69) is 9.89 Å². The van der Waals surface area contributed by atoms with Crippen molar-refractivity contribution in [1.29, 1.82) is 0 Å². The largest absolute Gasteiger partial charge is 0.573 e. The quantitative estimate of drug-likeness (QED) is 0.669. The van der Waals surface area contributed by atoms with Gasteiger partial charge in [0.05, 0.1) is 12.7 Å². The summed E-state index contributed by atoms with van der Waals surface area (Å²) in [7, 11) is 0. The van der Waals surface area contributed by atoms with Crippen molar-refractivity contribution in [3.05, 3.63) is 35.6 Å². The van der Waals surface area contributed by atoms with Gasteiger partial charge in [0.2, 0.25) is 0 Å². The van der Waals surface area contributed by atoms with Crippen LogP contribution in [0.5, 0.6) is 5.75 Å². The molecule has 2 aromatic rings. The average molecular weight is 367 g/mol. The number of benzene rings is 1. The van der Waals surface area contributed by atoms with Gasteiger partial charge in [0.25, 0.3) is 0 Å². The van der Waals surface area contributed by atoms with Gasteiger partial charge in [-0.05, 0) is 37.8 Å². The van der Waals surface area contributed by atoms with Crippen LogP contribution in [0.1, 0.15) is 55.8 Å². The van der Waals surface area contributed by atoms with Crippen LogP contribution < -0.4 is 4.74 Å². The maximum atomic E-state index is 12.7. The third-order valence-electron chi connectivity index (χ3n) is 4.90. The van der Waals surface area contributed by atoms with E-state index in [9.17, 15) is 13.2 Å². The number of nitrogens with zero attached hydrogens (tertiary/aromatic N) is 1. The molecular weight excluding hydrogens is 347 g/mol. The molecule has 0 bridgehead atoms. The van der Waals surface area contributed by atoms with Crippen LogP contribution in [0.4, 0.5) is 13.2 Å². The summed E-state index contributed by atoms with van der Waals surface area (Å²) in [6.07, 6.45) is 1.79. The van der Waals surface area contributed by atoms with E-state index in [1.54, 1.807) is 12.1 Å². The lowest BCUT2D eigenvalue weighted by atomic mass is 10.0. The summed E-state index contributed by atoms with van der Waals surface area (Å²) < 4.78 is 53.9. The predicted molar refractivity (Wildman–Crippen MR) is 87.6 cm³/mol. The van der Waals surface area contributed by atoms with Crippen molar-refractivity contribution in [1.82, 2.24) is 5.16 Å². The van der Waals surface area contributed by atoms with Crippen molar-refractivity contribution >= 4 is 0 Å². The summed E-state index contributed by atoms with van der Waals surface area (Å²) in [6.45, 7) is 0.301. The molecule has 0 radical (unpaired) electrons. The predicted octanol–water partition coefficient (Wildman–Crippen LogP) is 5.58. The Labute approximate surface area is 149 Å². The van der Waals surface area contributed by atoms with E-state index in [1.807, 2.05) is 0 Å². The Morgan fingerprint density at radius 3 is 2.50 bits per heavy atom. The minimum Gasteiger partial charge on any atom is -0.405 e. The molecule has 0 amide bonds. The second kappa shape index (κ2) is 6.95. The lowest BCUT2D eigenvalue weighted by Gasteiger charge is -2.14. The van der Waals surface area contributed by atoms with Crippen molar-refractivity contribution in [3.8, 4) is 17.0 Å². The monoisotopic (exact) mass is 367 g/mol. The van der Waals surface area contributed by atoms with E-state index in [4.69, 9.17) is 9.26 Å². The smallest absolute Gasteiger partial charge is 0.405 e.